The van der Waals surface area contributed by atoms with Crippen molar-refractivity contribution in [2.75, 3.05) is 31.1 Å². The second-order valence-electron chi connectivity index (χ2n) is 7.20. The summed E-state index contributed by atoms with van der Waals surface area (Å²) in [5, 5.41) is 0.692. The maximum absolute atomic E-state index is 13.2. The van der Waals surface area contributed by atoms with Crippen molar-refractivity contribution >= 4 is 16.7 Å². The van der Waals surface area contributed by atoms with Crippen LogP contribution in [-0.4, -0.2) is 47.1 Å². The van der Waals surface area contributed by atoms with E-state index in [-0.39, 0.29) is 0 Å². The number of aromatic nitrogens is 2. The van der Waals surface area contributed by atoms with Gasteiger partial charge in [0.15, 0.2) is 0 Å². The largest absolute Gasteiger partial charge is 0.451 e. The Morgan fingerprint density at radius 2 is 1.58 bits per heavy atom. The number of likely N-dealkylation sites (tertiary alicyclic amines) is 1. The van der Waals surface area contributed by atoms with Crippen LogP contribution < -0.4 is 4.90 Å². The molecule has 2 aromatic rings. The molecular formula is C19H23F3N4. The highest BCUT2D eigenvalue weighted by atomic mass is 19.4. The number of fused-ring (bicyclic) bond motifs is 1. The van der Waals surface area contributed by atoms with Gasteiger partial charge in [-0.05, 0) is 50.9 Å². The Morgan fingerprint density at radius 1 is 0.885 bits per heavy atom. The average molecular weight is 364 g/mol. The van der Waals surface area contributed by atoms with Crippen molar-refractivity contribution in [3.8, 4) is 0 Å². The van der Waals surface area contributed by atoms with Gasteiger partial charge in [-0.1, -0.05) is 18.6 Å². The maximum Gasteiger partial charge on any atom is 0.451 e. The first-order valence-corrected chi connectivity index (χ1v) is 9.35. The van der Waals surface area contributed by atoms with Gasteiger partial charge in [0.25, 0.3) is 0 Å². The minimum atomic E-state index is -4.54. The zero-order valence-corrected chi connectivity index (χ0v) is 14.7. The SMILES string of the molecule is FC(F)(F)c1nc(N2CCC(N3CCCCC3)CC2)c2ccccc2n1. The molecule has 0 amide bonds. The lowest BCUT2D eigenvalue weighted by Gasteiger charge is -2.40. The minimum Gasteiger partial charge on any atom is -0.356 e. The number of benzene rings is 1. The van der Waals surface area contributed by atoms with Crippen LogP contribution in [0.3, 0.4) is 0 Å². The molecule has 0 aliphatic carbocycles. The van der Waals surface area contributed by atoms with E-state index in [1.54, 1.807) is 12.1 Å². The smallest absolute Gasteiger partial charge is 0.356 e. The number of piperidine rings is 2. The summed E-state index contributed by atoms with van der Waals surface area (Å²) in [5.41, 5.74) is 0.350. The third-order valence-electron chi connectivity index (χ3n) is 5.51. The summed E-state index contributed by atoms with van der Waals surface area (Å²) in [6, 6.07) is 7.50. The molecule has 0 bridgehead atoms. The lowest BCUT2D eigenvalue weighted by Crippen LogP contribution is -2.47. The molecule has 0 atom stereocenters. The molecule has 1 aromatic carbocycles. The Labute approximate surface area is 151 Å². The van der Waals surface area contributed by atoms with E-state index < -0.39 is 12.0 Å². The lowest BCUT2D eigenvalue weighted by atomic mass is 9.99. The zero-order chi connectivity index (χ0) is 18.1. The fourth-order valence-electron chi connectivity index (χ4n) is 4.15. The summed E-state index contributed by atoms with van der Waals surface area (Å²) < 4.78 is 39.7. The van der Waals surface area contributed by atoms with E-state index in [1.165, 1.54) is 19.3 Å². The van der Waals surface area contributed by atoms with Gasteiger partial charge in [-0.2, -0.15) is 13.2 Å². The first-order valence-electron chi connectivity index (χ1n) is 9.35. The molecule has 4 nitrogen and oxygen atoms in total. The predicted octanol–water partition coefficient (Wildman–Crippen LogP) is 4.10. The summed E-state index contributed by atoms with van der Waals surface area (Å²) >= 11 is 0. The zero-order valence-electron chi connectivity index (χ0n) is 14.7. The number of nitrogens with zero attached hydrogens (tertiary/aromatic N) is 4. The Morgan fingerprint density at radius 3 is 2.27 bits per heavy atom. The fraction of sp³-hybridized carbons (Fsp3) is 0.579. The van der Waals surface area contributed by atoms with Crippen LogP contribution in [-0.2, 0) is 6.18 Å². The molecule has 2 aliphatic rings. The average Bonchev–Trinajstić information content (AvgIpc) is 2.67. The van der Waals surface area contributed by atoms with Crippen LogP contribution in [0.15, 0.2) is 24.3 Å². The molecule has 3 heterocycles. The number of hydrogen-bond acceptors (Lipinski definition) is 4. The topological polar surface area (TPSA) is 32.3 Å². The third kappa shape index (κ3) is 3.49. The molecule has 26 heavy (non-hydrogen) atoms. The van der Waals surface area contributed by atoms with E-state index in [1.807, 2.05) is 17.0 Å². The monoisotopic (exact) mass is 364 g/mol. The lowest BCUT2D eigenvalue weighted by molar-refractivity contribution is -0.144. The van der Waals surface area contributed by atoms with Crippen LogP contribution in [0.2, 0.25) is 0 Å². The van der Waals surface area contributed by atoms with Crippen molar-refractivity contribution in [3.05, 3.63) is 30.1 Å². The van der Waals surface area contributed by atoms with Gasteiger partial charge in [-0.3, -0.25) is 0 Å². The molecule has 0 N–H and O–H groups in total. The van der Waals surface area contributed by atoms with Gasteiger partial charge in [0.1, 0.15) is 5.82 Å². The Bertz CT molecular complexity index is 763. The van der Waals surface area contributed by atoms with Crippen molar-refractivity contribution in [1.29, 1.82) is 0 Å². The van der Waals surface area contributed by atoms with Crippen molar-refractivity contribution in [2.24, 2.45) is 0 Å². The van der Waals surface area contributed by atoms with Crippen LogP contribution in [0, 0.1) is 0 Å². The normalized spacial score (nSPS) is 20.7. The van der Waals surface area contributed by atoms with E-state index in [9.17, 15) is 13.2 Å². The number of hydrogen-bond donors (Lipinski definition) is 0. The third-order valence-corrected chi connectivity index (χ3v) is 5.51. The van der Waals surface area contributed by atoms with Gasteiger partial charge in [0, 0.05) is 24.5 Å². The molecule has 1 aromatic heterocycles. The molecular weight excluding hydrogens is 341 g/mol. The Hall–Kier alpha value is -1.89. The van der Waals surface area contributed by atoms with Crippen LogP contribution in [0.25, 0.3) is 10.9 Å². The first kappa shape index (κ1) is 17.5. The highest BCUT2D eigenvalue weighted by molar-refractivity contribution is 5.89. The number of rotatable bonds is 2. The quantitative estimate of drug-likeness (QED) is 0.803. The highest BCUT2D eigenvalue weighted by Gasteiger charge is 2.36. The van der Waals surface area contributed by atoms with Crippen LogP contribution >= 0.6 is 0 Å². The van der Waals surface area contributed by atoms with Gasteiger partial charge in [-0.25, -0.2) is 9.97 Å². The number of halogens is 3. The Kier molecular flexibility index (Phi) is 4.73. The molecule has 0 saturated carbocycles. The van der Waals surface area contributed by atoms with Crippen molar-refractivity contribution in [1.82, 2.24) is 14.9 Å². The maximum atomic E-state index is 13.2. The fourth-order valence-corrected chi connectivity index (χ4v) is 4.15. The molecule has 4 rings (SSSR count). The molecule has 2 fully saturated rings. The molecule has 0 radical (unpaired) electrons. The van der Waals surface area contributed by atoms with Gasteiger partial charge in [0.05, 0.1) is 5.52 Å². The van der Waals surface area contributed by atoms with Gasteiger partial charge in [-0.15, -0.1) is 0 Å². The second kappa shape index (κ2) is 7.02. The summed E-state index contributed by atoms with van der Waals surface area (Å²) in [4.78, 5) is 12.2. The molecule has 0 unspecified atom stereocenters. The molecule has 0 spiro atoms. The summed E-state index contributed by atoms with van der Waals surface area (Å²) in [5.74, 6) is -0.635. The van der Waals surface area contributed by atoms with Crippen LogP contribution in [0.4, 0.5) is 19.0 Å². The minimum absolute atomic E-state index is 0.350. The van der Waals surface area contributed by atoms with E-state index in [4.69, 9.17) is 0 Å². The van der Waals surface area contributed by atoms with Crippen molar-refractivity contribution < 1.29 is 13.2 Å². The first-order chi connectivity index (χ1) is 12.5. The van der Waals surface area contributed by atoms with Crippen LogP contribution in [0.1, 0.15) is 37.9 Å². The standard InChI is InChI=1S/C19H23F3N4/c20-19(21,22)18-23-16-7-3-2-6-15(16)17(24-18)26-12-8-14(9-13-26)25-10-4-1-5-11-25/h2-3,6-7,14H,1,4-5,8-13H2. The number of alkyl halides is 3. The summed E-state index contributed by atoms with van der Waals surface area (Å²) in [6.45, 7) is 3.78. The summed E-state index contributed by atoms with van der Waals surface area (Å²) in [6.07, 6.45) is 1.23. The highest BCUT2D eigenvalue weighted by Crippen LogP contribution is 2.33. The van der Waals surface area contributed by atoms with Crippen molar-refractivity contribution in [2.45, 2.75) is 44.3 Å². The predicted molar refractivity (Wildman–Crippen MR) is 95.2 cm³/mol. The van der Waals surface area contributed by atoms with Gasteiger partial charge >= 0.3 is 6.18 Å². The van der Waals surface area contributed by atoms with E-state index >= 15 is 0 Å². The number of anilines is 1. The summed E-state index contributed by atoms with van der Waals surface area (Å²) in [7, 11) is 0. The Balaban J connectivity index is 1.58. The van der Waals surface area contributed by atoms with E-state index in [0.29, 0.717) is 22.8 Å². The second-order valence-corrected chi connectivity index (χ2v) is 7.20. The number of para-hydroxylation sites is 1. The van der Waals surface area contributed by atoms with Gasteiger partial charge < -0.3 is 9.80 Å². The van der Waals surface area contributed by atoms with E-state index in [2.05, 4.69) is 14.9 Å². The van der Waals surface area contributed by atoms with Gasteiger partial charge in [0.2, 0.25) is 5.82 Å². The van der Waals surface area contributed by atoms with E-state index in [0.717, 1.165) is 39.0 Å². The molecule has 2 aliphatic heterocycles. The van der Waals surface area contributed by atoms with Crippen molar-refractivity contribution in [3.63, 3.8) is 0 Å². The molecule has 140 valence electrons. The van der Waals surface area contributed by atoms with Crippen LogP contribution in [0.5, 0.6) is 0 Å². The molecule has 7 heteroatoms. The molecule has 2 saturated heterocycles.